The van der Waals surface area contributed by atoms with Crippen LogP contribution in [0.3, 0.4) is 0 Å². The largest absolute Gasteiger partial charge is 0.495 e. The van der Waals surface area contributed by atoms with Gasteiger partial charge in [-0.05, 0) is 18.2 Å². The first kappa shape index (κ1) is 14.6. The highest BCUT2D eigenvalue weighted by molar-refractivity contribution is 7.85. The van der Waals surface area contributed by atoms with E-state index in [9.17, 15) is 8.42 Å². The van der Waals surface area contributed by atoms with Gasteiger partial charge in [0.25, 0.3) is 0 Å². The third kappa shape index (κ3) is 2.17. The van der Waals surface area contributed by atoms with E-state index in [1.165, 1.54) is 19.2 Å². The molecule has 3 aromatic carbocycles. The zero-order valence-corrected chi connectivity index (χ0v) is 12.9. The third-order valence-electron chi connectivity index (χ3n) is 3.62. The van der Waals surface area contributed by atoms with Crippen LogP contribution in [0.1, 0.15) is 0 Å². The first-order chi connectivity index (χ1) is 10.5. The molecule has 3 rings (SSSR count). The van der Waals surface area contributed by atoms with Crippen molar-refractivity contribution in [2.75, 3.05) is 14.2 Å². The topological polar surface area (TPSA) is 75.5 Å². The van der Waals surface area contributed by atoms with E-state index in [0.717, 1.165) is 16.2 Å². The summed E-state index contributed by atoms with van der Waals surface area (Å²) in [6, 6.07) is 12.1. The van der Waals surface area contributed by atoms with E-state index >= 15 is 0 Å². The summed E-state index contributed by atoms with van der Waals surface area (Å²) >= 11 is 0. The van der Waals surface area contributed by atoms with Crippen LogP contribution >= 0.6 is 0 Å². The summed E-state index contributed by atoms with van der Waals surface area (Å²) in [5, 5.41) is 3.06. The molecule has 0 radical (unpaired) electrons. The van der Waals surface area contributed by atoms with E-state index in [2.05, 4.69) is 0 Å². The molecule has 0 aliphatic heterocycles. The van der Waals surface area contributed by atoms with Crippen LogP contribution in [0.4, 0.5) is 0 Å². The standard InChI is InChI=1S/C16H14O5S/c1-20-15-11-5-3-4-6-12(11)16(21-2)14-9-10(22(17,18)19)7-8-13(14)15/h3-9H,1-2H3,(H,17,18,19)/p+1. The van der Waals surface area contributed by atoms with E-state index in [4.69, 9.17) is 14.0 Å². The summed E-state index contributed by atoms with van der Waals surface area (Å²) in [5.41, 5.74) is 0. The Balaban J connectivity index is 2.56. The molecule has 114 valence electrons. The molecule has 0 spiro atoms. The fraction of sp³-hybridized carbons (Fsp3) is 0.125. The van der Waals surface area contributed by atoms with Gasteiger partial charge in [0.2, 0.25) is 0 Å². The Morgan fingerprint density at radius 1 is 0.818 bits per heavy atom. The first-order valence-electron chi connectivity index (χ1n) is 6.53. The highest BCUT2D eigenvalue weighted by Crippen LogP contribution is 2.42. The maximum Gasteiger partial charge on any atom is 0.409 e. The Bertz CT molecular complexity index is 977. The third-order valence-corrected chi connectivity index (χ3v) is 4.49. The van der Waals surface area contributed by atoms with Gasteiger partial charge in [-0.1, -0.05) is 24.3 Å². The fourth-order valence-electron chi connectivity index (χ4n) is 2.69. The molecule has 5 nitrogen and oxygen atoms in total. The van der Waals surface area contributed by atoms with Gasteiger partial charge in [0.15, 0.2) is 0 Å². The molecule has 0 aromatic heterocycles. The minimum Gasteiger partial charge on any atom is -0.495 e. The molecule has 3 aromatic rings. The molecular formula is C16H15O5S+. The highest BCUT2D eigenvalue weighted by atomic mass is 32.2. The average Bonchev–Trinajstić information content (AvgIpc) is 2.51. The molecule has 2 N–H and O–H groups in total. The molecule has 0 aliphatic carbocycles. The first-order valence-corrected chi connectivity index (χ1v) is 8.01. The van der Waals surface area contributed by atoms with Crippen LogP contribution in [0.15, 0.2) is 47.4 Å². The number of hydrogen-bond donors (Lipinski definition) is 0. The lowest BCUT2D eigenvalue weighted by molar-refractivity contribution is 0.417. The fourth-order valence-corrected chi connectivity index (χ4v) is 3.21. The van der Waals surface area contributed by atoms with Gasteiger partial charge in [-0.2, -0.15) is 0 Å². The lowest BCUT2D eigenvalue weighted by Crippen LogP contribution is -1.99. The lowest BCUT2D eigenvalue weighted by Gasteiger charge is -2.15. The zero-order valence-electron chi connectivity index (χ0n) is 12.1. The summed E-state index contributed by atoms with van der Waals surface area (Å²) in [6.07, 6.45) is 0. The Labute approximate surface area is 127 Å². The van der Waals surface area contributed by atoms with Gasteiger partial charge in [0.05, 0.1) is 14.2 Å². The van der Waals surface area contributed by atoms with E-state index in [-0.39, 0.29) is 4.90 Å². The van der Waals surface area contributed by atoms with E-state index in [1.54, 1.807) is 13.2 Å². The second kappa shape index (κ2) is 5.15. The van der Waals surface area contributed by atoms with Gasteiger partial charge in [-0.15, -0.1) is 8.42 Å². The van der Waals surface area contributed by atoms with Crippen LogP contribution in [-0.4, -0.2) is 27.2 Å². The van der Waals surface area contributed by atoms with Gasteiger partial charge < -0.3 is 14.0 Å². The van der Waals surface area contributed by atoms with Crippen molar-refractivity contribution < 1.29 is 22.4 Å². The summed E-state index contributed by atoms with van der Waals surface area (Å²) in [7, 11) is -0.929. The van der Waals surface area contributed by atoms with Gasteiger partial charge in [-0.3, -0.25) is 0 Å². The summed E-state index contributed by atoms with van der Waals surface area (Å²) in [6.45, 7) is 0. The van der Waals surface area contributed by atoms with Crippen molar-refractivity contribution in [3.05, 3.63) is 42.5 Å². The lowest BCUT2D eigenvalue weighted by atomic mass is 10.0. The number of fused-ring (bicyclic) bond motifs is 2. The second-order valence-corrected chi connectivity index (χ2v) is 6.30. The Hall–Kier alpha value is -2.31. The van der Waals surface area contributed by atoms with Gasteiger partial charge in [0, 0.05) is 21.5 Å². The minimum atomic E-state index is -4.04. The molecule has 6 heteroatoms. The Morgan fingerprint density at radius 2 is 1.32 bits per heavy atom. The monoisotopic (exact) mass is 319 g/mol. The summed E-state index contributed by atoms with van der Waals surface area (Å²) in [5.74, 6) is 1.22. The van der Waals surface area contributed by atoms with Crippen LogP contribution in [-0.2, 0) is 10.1 Å². The maximum absolute atomic E-state index is 11.5. The molecule has 0 aliphatic rings. The average molecular weight is 319 g/mol. The number of ether oxygens (including phenoxy) is 2. The Morgan fingerprint density at radius 3 is 1.82 bits per heavy atom. The van der Waals surface area contributed by atoms with Crippen LogP contribution in [0.25, 0.3) is 21.5 Å². The molecule has 0 heterocycles. The molecule has 0 fully saturated rings. The molecule has 0 bridgehead atoms. The second-order valence-electron chi connectivity index (χ2n) is 4.82. The zero-order chi connectivity index (χ0) is 15.9. The van der Waals surface area contributed by atoms with Crippen molar-refractivity contribution in [3.63, 3.8) is 0 Å². The minimum absolute atomic E-state index is 0.0735. The van der Waals surface area contributed by atoms with Gasteiger partial charge in [0.1, 0.15) is 16.4 Å². The van der Waals surface area contributed by atoms with Crippen LogP contribution in [0.2, 0.25) is 0 Å². The van der Waals surface area contributed by atoms with E-state index in [1.807, 2.05) is 24.3 Å². The number of rotatable bonds is 3. The molecular weight excluding hydrogens is 304 g/mol. The molecule has 0 saturated heterocycles. The number of methoxy groups -OCH3 is 2. The van der Waals surface area contributed by atoms with E-state index < -0.39 is 10.1 Å². The number of benzene rings is 3. The van der Waals surface area contributed by atoms with Crippen LogP contribution in [0.5, 0.6) is 11.5 Å². The van der Waals surface area contributed by atoms with Crippen molar-refractivity contribution >= 4 is 31.7 Å². The molecule has 0 unspecified atom stereocenters. The Kier molecular flexibility index (Phi) is 3.42. The summed E-state index contributed by atoms with van der Waals surface area (Å²) < 4.78 is 41.2. The SMILES string of the molecule is COc1c2ccccc2c(OC)c2cc(S(=O)(=O)[OH2+])ccc12. The highest BCUT2D eigenvalue weighted by Gasteiger charge is 2.20. The predicted octanol–water partition coefficient (Wildman–Crippen LogP) is 2.42. The van der Waals surface area contributed by atoms with Crippen molar-refractivity contribution in [2.45, 2.75) is 4.90 Å². The van der Waals surface area contributed by atoms with Crippen molar-refractivity contribution in [3.8, 4) is 11.5 Å². The molecule has 22 heavy (non-hydrogen) atoms. The summed E-state index contributed by atoms with van der Waals surface area (Å²) in [4.78, 5) is -0.0735. The van der Waals surface area contributed by atoms with E-state index in [0.29, 0.717) is 16.9 Å². The normalized spacial score (nSPS) is 11.8. The molecule has 0 saturated carbocycles. The maximum atomic E-state index is 11.5. The molecule has 0 amide bonds. The predicted molar refractivity (Wildman–Crippen MR) is 85.4 cm³/mol. The van der Waals surface area contributed by atoms with Gasteiger partial charge in [-0.25, -0.2) is 0 Å². The van der Waals surface area contributed by atoms with Gasteiger partial charge >= 0.3 is 10.1 Å². The van der Waals surface area contributed by atoms with Crippen molar-refractivity contribution in [2.24, 2.45) is 0 Å². The van der Waals surface area contributed by atoms with Crippen molar-refractivity contribution in [1.82, 2.24) is 0 Å². The molecule has 0 atom stereocenters. The smallest absolute Gasteiger partial charge is 0.409 e. The van der Waals surface area contributed by atoms with Crippen LogP contribution in [0, 0.1) is 0 Å². The van der Waals surface area contributed by atoms with Crippen LogP contribution < -0.4 is 9.47 Å². The quantitative estimate of drug-likeness (QED) is 0.549. The number of hydrogen-bond acceptors (Lipinski definition) is 4. The van der Waals surface area contributed by atoms with Crippen molar-refractivity contribution in [1.29, 1.82) is 0 Å².